The van der Waals surface area contributed by atoms with Crippen molar-refractivity contribution in [3.63, 3.8) is 0 Å². The van der Waals surface area contributed by atoms with Crippen molar-refractivity contribution in [1.82, 2.24) is 0 Å². The van der Waals surface area contributed by atoms with Crippen molar-refractivity contribution in [3.05, 3.63) is 23.8 Å². The van der Waals surface area contributed by atoms with Crippen LogP contribution in [0.4, 0.5) is 5.69 Å². The number of carbonyl (C=O) groups excluding carboxylic acids is 1. The predicted molar refractivity (Wildman–Crippen MR) is 87.4 cm³/mol. The second-order valence-electron chi connectivity index (χ2n) is 6.33. The highest BCUT2D eigenvalue weighted by Gasteiger charge is 2.16. The minimum Gasteiger partial charge on any atom is -0.482 e. The number of primary amides is 1. The van der Waals surface area contributed by atoms with Gasteiger partial charge in [-0.3, -0.25) is 9.52 Å². The Labute approximate surface area is 132 Å². The summed E-state index contributed by atoms with van der Waals surface area (Å²) in [7, 11) is -3.43. The largest absolute Gasteiger partial charge is 0.482 e. The maximum absolute atomic E-state index is 11.7. The van der Waals surface area contributed by atoms with E-state index in [2.05, 4.69) is 25.5 Å². The summed E-state index contributed by atoms with van der Waals surface area (Å²) in [6.45, 7) is 7.54. The minimum atomic E-state index is -3.43. The van der Waals surface area contributed by atoms with E-state index in [-0.39, 0.29) is 17.8 Å². The Hall–Kier alpha value is -1.76. The molecular weight excluding hydrogens is 304 g/mol. The monoisotopic (exact) mass is 328 g/mol. The Bertz CT molecular complexity index is 633. The third-order valence-corrected chi connectivity index (χ3v) is 4.09. The predicted octanol–water partition coefficient (Wildman–Crippen LogP) is 1.90. The van der Waals surface area contributed by atoms with Crippen LogP contribution in [0.2, 0.25) is 0 Å². The van der Waals surface area contributed by atoms with E-state index in [4.69, 9.17) is 10.5 Å². The molecule has 1 rings (SSSR count). The smallest absolute Gasteiger partial charge is 0.255 e. The molecule has 1 aromatic rings. The zero-order valence-corrected chi connectivity index (χ0v) is 14.3. The van der Waals surface area contributed by atoms with Gasteiger partial charge in [-0.15, -0.1) is 0 Å². The third kappa shape index (κ3) is 6.34. The molecule has 7 heteroatoms. The molecule has 0 radical (unpaired) electrons. The van der Waals surface area contributed by atoms with Gasteiger partial charge in [-0.05, 0) is 36.5 Å². The van der Waals surface area contributed by atoms with Crippen LogP contribution in [0.1, 0.15) is 33.3 Å². The van der Waals surface area contributed by atoms with E-state index in [1.807, 2.05) is 6.07 Å². The molecule has 0 heterocycles. The van der Waals surface area contributed by atoms with Crippen molar-refractivity contribution in [1.29, 1.82) is 0 Å². The standard InChI is InChI=1S/C15H24N2O4S/c1-5-22(19,20)17-12-7-6-11(9-15(2,3)4)8-13(12)21-10-14(16)18/h6-8,17H,5,9-10H2,1-4H3,(H2,16,18). The lowest BCUT2D eigenvalue weighted by Crippen LogP contribution is -2.21. The van der Waals surface area contributed by atoms with E-state index in [0.717, 1.165) is 12.0 Å². The molecule has 124 valence electrons. The molecule has 6 nitrogen and oxygen atoms in total. The maximum atomic E-state index is 11.7. The summed E-state index contributed by atoms with van der Waals surface area (Å²) in [5.74, 6) is -0.366. The first-order valence-corrected chi connectivity index (χ1v) is 8.72. The molecule has 3 N–H and O–H groups in total. The molecule has 0 aliphatic rings. The van der Waals surface area contributed by atoms with Crippen LogP contribution in [0.3, 0.4) is 0 Å². The summed E-state index contributed by atoms with van der Waals surface area (Å²) < 4.78 is 31.2. The summed E-state index contributed by atoms with van der Waals surface area (Å²) in [6, 6.07) is 5.22. The Balaban J connectivity index is 3.11. The van der Waals surface area contributed by atoms with Gasteiger partial charge in [0.1, 0.15) is 5.75 Å². The molecule has 0 aliphatic heterocycles. The van der Waals surface area contributed by atoms with Crippen LogP contribution in [0.15, 0.2) is 18.2 Å². The summed E-state index contributed by atoms with van der Waals surface area (Å²) in [5.41, 5.74) is 6.45. The van der Waals surface area contributed by atoms with Crippen molar-refractivity contribution >= 4 is 21.6 Å². The fourth-order valence-electron chi connectivity index (χ4n) is 1.88. The van der Waals surface area contributed by atoms with Crippen molar-refractivity contribution < 1.29 is 17.9 Å². The number of ether oxygens (including phenoxy) is 1. The fourth-order valence-corrected chi connectivity index (χ4v) is 2.53. The van der Waals surface area contributed by atoms with Crippen LogP contribution < -0.4 is 15.2 Å². The number of rotatable bonds is 7. The minimum absolute atomic E-state index is 0.0496. The Morgan fingerprint density at radius 2 is 1.95 bits per heavy atom. The maximum Gasteiger partial charge on any atom is 0.255 e. The highest BCUT2D eigenvalue weighted by molar-refractivity contribution is 7.92. The highest BCUT2D eigenvalue weighted by atomic mass is 32.2. The lowest BCUT2D eigenvalue weighted by atomic mass is 9.88. The van der Waals surface area contributed by atoms with Crippen LogP contribution in [-0.4, -0.2) is 26.7 Å². The molecule has 0 spiro atoms. The van der Waals surface area contributed by atoms with Gasteiger partial charge in [0.15, 0.2) is 6.61 Å². The van der Waals surface area contributed by atoms with Crippen LogP contribution in [0.5, 0.6) is 5.75 Å². The molecule has 22 heavy (non-hydrogen) atoms. The number of hydrogen-bond acceptors (Lipinski definition) is 4. The van der Waals surface area contributed by atoms with Gasteiger partial charge in [0.05, 0.1) is 11.4 Å². The summed E-state index contributed by atoms with van der Waals surface area (Å²) in [6.07, 6.45) is 0.792. The Kier molecular flexibility index (Phi) is 5.82. The van der Waals surface area contributed by atoms with Gasteiger partial charge in [0.2, 0.25) is 10.0 Å². The van der Waals surface area contributed by atoms with Crippen LogP contribution in [0.25, 0.3) is 0 Å². The lowest BCUT2D eigenvalue weighted by molar-refractivity contribution is -0.119. The average molecular weight is 328 g/mol. The summed E-state index contributed by atoms with van der Waals surface area (Å²) >= 11 is 0. The highest BCUT2D eigenvalue weighted by Crippen LogP contribution is 2.30. The number of nitrogens with two attached hydrogens (primary N) is 1. The molecule has 0 unspecified atom stereocenters. The summed E-state index contributed by atoms with van der Waals surface area (Å²) in [4.78, 5) is 10.9. The van der Waals surface area contributed by atoms with E-state index in [1.165, 1.54) is 0 Å². The fraction of sp³-hybridized carbons (Fsp3) is 0.533. The van der Waals surface area contributed by atoms with E-state index in [1.54, 1.807) is 19.1 Å². The Morgan fingerprint density at radius 3 is 2.45 bits per heavy atom. The first kappa shape index (κ1) is 18.3. The first-order valence-electron chi connectivity index (χ1n) is 7.07. The van der Waals surface area contributed by atoms with E-state index in [9.17, 15) is 13.2 Å². The Morgan fingerprint density at radius 1 is 1.32 bits per heavy atom. The second-order valence-corrected chi connectivity index (χ2v) is 8.34. The molecular formula is C15H24N2O4S. The van der Waals surface area contributed by atoms with Crippen molar-refractivity contribution in [2.75, 3.05) is 17.1 Å². The number of benzene rings is 1. The molecule has 0 saturated carbocycles. The topological polar surface area (TPSA) is 98.5 Å². The van der Waals surface area contributed by atoms with Gasteiger partial charge in [0, 0.05) is 0 Å². The van der Waals surface area contributed by atoms with Crippen molar-refractivity contribution in [3.8, 4) is 5.75 Å². The average Bonchev–Trinajstić information content (AvgIpc) is 2.36. The second kappa shape index (κ2) is 7.00. The van der Waals surface area contributed by atoms with Crippen molar-refractivity contribution in [2.45, 2.75) is 34.1 Å². The number of anilines is 1. The van der Waals surface area contributed by atoms with E-state index < -0.39 is 15.9 Å². The third-order valence-electron chi connectivity index (χ3n) is 2.80. The van der Waals surface area contributed by atoms with Crippen LogP contribution >= 0.6 is 0 Å². The SMILES string of the molecule is CCS(=O)(=O)Nc1ccc(CC(C)(C)C)cc1OCC(N)=O. The zero-order valence-electron chi connectivity index (χ0n) is 13.5. The van der Waals surface area contributed by atoms with Gasteiger partial charge in [-0.2, -0.15) is 0 Å². The van der Waals surface area contributed by atoms with Gasteiger partial charge >= 0.3 is 0 Å². The van der Waals surface area contributed by atoms with Gasteiger partial charge in [-0.25, -0.2) is 8.42 Å². The first-order chi connectivity index (χ1) is 10.0. The molecule has 0 saturated heterocycles. The molecule has 0 aromatic heterocycles. The number of nitrogens with one attached hydrogen (secondary N) is 1. The van der Waals surface area contributed by atoms with Crippen LogP contribution in [0, 0.1) is 5.41 Å². The molecule has 1 amide bonds. The number of sulfonamides is 1. The molecule has 0 aliphatic carbocycles. The van der Waals surface area contributed by atoms with Crippen LogP contribution in [-0.2, 0) is 21.2 Å². The van der Waals surface area contributed by atoms with E-state index >= 15 is 0 Å². The van der Waals surface area contributed by atoms with Gasteiger partial charge < -0.3 is 10.5 Å². The normalized spacial score (nSPS) is 12.0. The number of carbonyl (C=O) groups is 1. The van der Waals surface area contributed by atoms with E-state index in [0.29, 0.717) is 11.4 Å². The zero-order chi connectivity index (χ0) is 17.0. The lowest BCUT2D eigenvalue weighted by Gasteiger charge is -2.20. The van der Waals surface area contributed by atoms with Gasteiger partial charge in [0.25, 0.3) is 5.91 Å². The van der Waals surface area contributed by atoms with Crippen molar-refractivity contribution in [2.24, 2.45) is 11.1 Å². The quantitative estimate of drug-likeness (QED) is 0.798. The number of hydrogen-bond donors (Lipinski definition) is 2. The molecule has 0 atom stereocenters. The summed E-state index contributed by atoms with van der Waals surface area (Å²) in [5, 5.41) is 0. The molecule has 0 fully saturated rings. The number of amides is 1. The molecule has 1 aromatic carbocycles. The molecule has 0 bridgehead atoms. The van der Waals surface area contributed by atoms with Gasteiger partial charge in [-0.1, -0.05) is 26.8 Å².